The molecule has 1 atom stereocenters. The van der Waals surface area contributed by atoms with Crippen molar-refractivity contribution in [2.45, 2.75) is 24.0 Å². The maximum atomic E-state index is 12.0. The summed E-state index contributed by atoms with van der Waals surface area (Å²) in [6.07, 6.45) is 1.23. The Bertz CT molecular complexity index is 754. The molecule has 0 aliphatic heterocycles. The molecule has 2 aromatic carbocycles. The Labute approximate surface area is 133 Å². The van der Waals surface area contributed by atoms with E-state index in [0.717, 1.165) is 20.8 Å². The van der Waals surface area contributed by atoms with Gasteiger partial charge in [-0.25, -0.2) is 8.42 Å². The van der Waals surface area contributed by atoms with Crippen molar-refractivity contribution in [1.82, 2.24) is 0 Å². The van der Waals surface area contributed by atoms with E-state index in [0.29, 0.717) is 0 Å². The third-order valence-electron chi connectivity index (χ3n) is 3.74. The fraction of sp³-hybridized carbons (Fsp3) is 0.333. The fourth-order valence-corrected chi connectivity index (χ4v) is 3.73. The van der Waals surface area contributed by atoms with E-state index < -0.39 is 20.0 Å². The lowest BCUT2D eigenvalue weighted by atomic mass is 9.96. The first-order chi connectivity index (χ1) is 9.16. The van der Waals surface area contributed by atoms with Gasteiger partial charge in [0.05, 0.1) is 10.1 Å². The van der Waals surface area contributed by atoms with Gasteiger partial charge in [0, 0.05) is 10.7 Å². The summed E-state index contributed by atoms with van der Waals surface area (Å²) in [5, 5.41) is 1.38. The van der Waals surface area contributed by atoms with Crippen LogP contribution in [0.1, 0.15) is 24.8 Å². The standard InChI is InChI=1S/C15H16BrClO2S/c1-15(2,20(3,18)19)14(17)12-8-9-13(16)11-7-5-4-6-10(11)12/h4-9,14H,1-3H3. The van der Waals surface area contributed by atoms with Gasteiger partial charge in [0.25, 0.3) is 0 Å². The molecule has 5 heteroatoms. The summed E-state index contributed by atoms with van der Waals surface area (Å²) in [6, 6.07) is 11.6. The molecule has 0 saturated carbocycles. The summed E-state index contributed by atoms with van der Waals surface area (Å²) in [5.74, 6) is 0. The Morgan fingerprint density at radius 1 is 1.10 bits per heavy atom. The molecule has 0 amide bonds. The lowest BCUT2D eigenvalue weighted by Gasteiger charge is -2.29. The summed E-state index contributed by atoms with van der Waals surface area (Å²) >= 11 is 10.0. The molecule has 0 saturated heterocycles. The van der Waals surface area contributed by atoms with Crippen LogP contribution in [0.15, 0.2) is 40.9 Å². The quantitative estimate of drug-likeness (QED) is 0.728. The Balaban J connectivity index is 2.68. The van der Waals surface area contributed by atoms with E-state index in [1.54, 1.807) is 13.8 Å². The second-order valence-corrected chi connectivity index (χ2v) is 9.31. The highest BCUT2D eigenvalue weighted by Crippen LogP contribution is 2.41. The minimum absolute atomic E-state index is 0.615. The number of hydrogen-bond acceptors (Lipinski definition) is 2. The second kappa shape index (κ2) is 5.32. The summed E-state index contributed by atoms with van der Waals surface area (Å²) < 4.78 is 23.9. The minimum atomic E-state index is -3.27. The molecule has 2 aromatic rings. The average molecular weight is 376 g/mol. The van der Waals surface area contributed by atoms with E-state index in [1.165, 1.54) is 6.26 Å². The Morgan fingerprint density at radius 3 is 2.20 bits per heavy atom. The SMILES string of the molecule is CC(C)(C(Cl)c1ccc(Br)c2ccccc12)S(C)(=O)=O. The Morgan fingerprint density at radius 2 is 1.65 bits per heavy atom. The van der Waals surface area contributed by atoms with Gasteiger partial charge >= 0.3 is 0 Å². The first-order valence-corrected chi connectivity index (χ1v) is 9.29. The molecule has 0 radical (unpaired) electrons. The topological polar surface area (TPSA) is 34.1 Å². The monoisotopic (exact) mass is 374 g/mol. The van der Waals surface area contributed by atoms with Crippen LogP contribution in [0.2, 0.25) is 0 Å². The zero-order chi connectivity index (χ0) is 15.1. The van der Waals surface area contributed by atoms with Crippen LogP contribution in [-0.4, -0.2) is 19.4 Å². The van der Waals surface area contributed by atoms with Crippen molar-refractivity contribution in [1.29, 1.82) is 0 Å². The van der Waals surface area contributed by atoms with E-state index in [4.69, 9.17) is 11.6 Å². The molecule has 0 fully saturated rings. The molecule has 0 N–H and O–H groups in total. The average Bonchev–Trinajstić information content (AvgIpc) is 2.37. The smallest absolute Gasteiger partial charge is 0.154 e. The van der Waals surface area contributed by atoms with Crippen molar-refractivity contribution in [2.75, 3.05) is 6.26 Å². The van der Waals surface area contributed by atoms with Crippen molar-refractivity contribution in [2.24, 2.45) is 0 Å². The van der Waals surface area contributed by atoms with Crippen LogP contribution >= 0.6 is 27.5 Å². The summed E-state index contributed by atoms with van der Waals surface area (Å²) in [6.45, 7) is 3.33. The van der Waals surface area contributed by atoms with Crippen LogP contribution in [0, 0.1) is 0 Å². The number of fused-ring (bicyclic) bond motifs is 1. The van der Waals surface area contributed by atoms with Crippen molar-refractivity contribution in [3.05, 3.63) is 46.4 Å². The summed E-state index contributed by atoms with van der Waals surface area (Å²) in [7, 11) is -3.27. The van der Waals surface area contributed by atoms with Gasteiger partial charge in [0.15, 0.2) is 9.84 Å². The van der Waals surface area contributed by atoms with Gasteiger partial charge in [-0.15, -0.1) is 11.6 Å². The maximum Gasteiger partial charge on any atom is 0.154 e. The van der Waals surface area contributed by atoms with E-state index in [2.05, 4.69) is 15.9 Å². The number of halogens is 2. The third kappa shape index (κ3) is 2.61. The Hall–Kier alpha value is -0.580. The molecule has 0 aliphatic carbocycles. The van der Waals surface area contributed by atoms with Gasteiger partial charge in [-0.2, -0.15) is 0 Å². The van der Waals surface area contributed by atoms with E-state index >= 15 is 0 Å². The number of alkyl halides is 1. The van der Waals surface area contributed by atoms with E-state index in [-0.39, 0.29) is 0 Å². The molecule has 2 rings (SSSR count). The second-order valence-electron chi connectivity index (χ2n) is 5.42. The molecular formula is C15H16BrClO2S. The largest absolute Gasteiger partial charge is 0.229 e. The maximum absolute atomic E-state index is 12.0. The zero-order valence-corrected chi connectivity index (χ0v) is 14.7. The molecule has 0 heterocycles. The molecular weight excluding hydrogens is 360 g/mol. The van der Waals surface area contributed by atoms with Crippen LogP contribution in [0.3, 0.4) is 0 Å². The number of hydrogen-bond donors (Lipinski definition) is 0. The van der Waals surface area contributed by atoms with Gasteiger partial charge < -0.3 is 0 Å². The molecule has 0 bridgehead atoms. The highest BCUT2D eigenvalue weighted by atomic mass is 79.9. The van der Waals surface area contributed by atoms with Gasteiger partial charge in [-0.1, -0.05) is 46.3 Å². The van der Waals surface area contributed by atoms with Crippen molar-refractivity contribution in [3.8, 4) is 0 Å². The van der Waals surface area contributed by atoms with Crippen LogP contribution < -0.4 is 0 Å². The van der Waals surface area contributed by atoms with Crippen LogP contribution in [-0.2, 0) is 9.84 Å². The lowest BCUT2D eigenvalue weighted by molar-refractivity contribution is 0.544. The first-order valence-electron chi connectivity index (χ1n) is 6.17. The van der Waals surface area contributed by atoms with Gasteiger partial charge in [-0.3, -0.25) is 0 Å². The summed E-state index contributed by atoms with van der Waals surface area (Å²) in [5.41, 5.74) is 0.834. The van der Waals surface area contributed by atoms with Crippen molar-refractivity contribution in [3.63, 3.8) is 0 Å². The number of benzene rings is 2. The summed E-state index contributed by atoms with van der Waals surface area (Å²) in [4.78, 5) is 0. The molecule has 0 spiro atoms. The van der Waals surface area contributed by atoms with Crippen molar-refractivity contribution >= 4 is 48.1 Å². The highest BCUT2D eigenvalue weighted by molar-refractivity contribution is 9.10. The highest BCUT2D eigenvalue weighted by Gasteiger charge is 2.39. The predicted molar refractivity (Wildman–Crippen MR) is 89.2 cm³/mol. The predicted octanol–water partition coefficient (Wildman–Crippen LogP) is 4.71. The molecule has 108 valence electrons. The third-order valence-corrected chi connectivity index (χ3v) is 7.49. The van der Waals surface area contributed by atoms with Crippen LogP contribution in [0.4, 0.5) is 0 Å². The molecule has 0 aliphatic rings. The lowest BCUT2D eigenvalue weighted by Crippen LogP contribution is -2.35. The van der Waals surface area contributed by atoms with Gasteiger partial charge in [0.1, 0.15) is 0 Å². The Kier molecular flexibility index (Phi) is 4.20. The number of sulfone groups is 1. The van der Waals surface area contributed by atoms with Gasteiger partial charge in [0.2, 0.25) is 0 Å². The zero-order valence-electron chi connectivity index (χ0n) is 11.5. The molecule has 20 heavy (non-hydrogen) atoms. The fourth-order valence-electron chi connectivity index (χ4n) is 2.07. The van der Waals surface area contributed by atoms with Crippen LogP contribution in [0.5, 0.6) is 0 Å². The normalized spacial score (nSPS) is 14.4. The molecule has 1 unspecified atom stereocenters. The van der Waals surface area contributed by atoms with Gasteiger partial charge in [-0.05, 0) is 36.2 Å². The van der Waals surface area contributed by atoms with Crippen LogP contribution in [0.25, 0.3) is 10.8 Å². The number of rotatable bonds is 3. The first kappa shape index (κ1) is 15.8. The molecule has 2 nitrogen and oxygen atoms in total. The minimum Gasteiger partial charge on any atom is -0.229 e. The molecule has 0 aromatic heterocycles. The van der Waals surface area contributed by atoms with Crippen molar-refractivity contribution < 1.29 is 8.42 Å². The van der Waals surface area contributed by atoms with E-state index in [9.17, 15) is 8.42 Å². The van der Waals surface area contributed by atoms with E-state index in [1.807, 2.05) is 36.4 Å².